The van der Waals surface area contributed by atoms with Crippen LogP contribution in [0.25, 0.3) is 0 Å². The summed E-state index contributed by atoms with van der Waals surface area (Å²) in [7, 11) is 0. The van der Waals surface area contributed by atoms with Gasteiger partial charge in [-0.05, 0) is 30.0 Å². The lowest BCUT2D eigenvalue weighted by Crippen LogP contribution is -1.93. The van der Waals surface area contributed by atoms with Gasteiger partial charge in [-0.25, -0.2) is 0 Å². The molecule has 70 valence electrons. The van der Waals surface area contributed by atoms with Crippen molar-refractivity contribution in [2.45, 2.75) is 26.2 Å². The number of ether oxygens (including phenoxy) is 2. The van der Waals surface area contributed by atoms with E-state index in [1.165, 1.54) is 5.56 Å². The van der Waals surface area contributed by atoms with Crippen molar-refractivity contribution in [1.82, 2.24) is 0 Å². The van der Waals surface area contributed by atoms with Crippen LogP contribution in [0.2, 0.25) is 0 Å². The zero-order chi connectivity index (χ0) is 9.26. The maximum Gasteiger partial charge on any atom is 0.231 e. The number of hydrogen-bond donors (Lipinski definition) is 0. The smallest absolute Gasteiger partial charge is 0.231 e. The van der Waals surface area contributed by atoms with Gasteiger partial charge in [0, 0.05) is 0 Å². The molecule has 0 N–H and O–H groups in total. The van der Waals surface area contributed by atoms with E-state index in [1.54, 1.807) is 0 Å². The van der Waals surface area contributed by atoms with Gasteiger partial charge in [-0.3, -0.25) is 0 Å². The van der Waals surface area contributed by atoms with Crippen LogP contribution < -0.4 is 9.47 Å². The average Bonchev–Trinajstić information content (AvgIpc) is 2.63. The molecule has 1 aromatic carbocycles. The van der Waals surface area contributed by atoms with Crippen LogP contribution in [0, 0.1) is 0 Å². The molecule has 0 radical (unpaired) electrons. The fourth-order valence-electron chi connectivity index (χ4n) is 1.46. The van der Waals surface area contributed by atoms with Crippen molar-refractivity contribution in [2.75, 3.05) is 6.79 Å². The Morgan fingerprint density at radius 2 is 2.08 bits per heavy atom. The van der Waals surface area contributed by atoms with Crippen molar-refractivity contribution in [2.24, 2.45) is 0 Å². The minimum absolute atomic E-state index is 0.360. The molecule has 13 heavy (non-hydrogen) atoms. The SMILES string of the molecule is CC[C@H](C)c1ccc2c(c1)OCO2. The predicted molar refractivity (Wildman–Crippen MR) is 51.3 cm³/mol. The molecule has 0 unspecified atom stereocenters. The predicted octanol–water partition coefficient (Wildman–Crippen LogP) is 2.93. The summed E-state index contributed by atoms with van der Waals surface area (Å²) in [6.45, 7) is 4.77. The Labute approximate surface area is 78.5 Å². The minimum atomic E-state index is 0.360. The Bertz CT molecular complexity index is 307. The van der Waals surface area contributed by atoms with E-state index in [4.69, 9.17) is 9.47 Å². The molecule has 0 saturated carbocycles. The Hall–Kier alpha value is -1.18. The van der Waals surface area contributed by atoms with Gasteiger partial charge in [0.15, 0.2) is 11.5 Å². The lowest BCUT2D eigenvalue weighted by atomic mass is 9.98. The molecule has 0 fully saturated rings. The first-order valence-corrected chi connectivity index (χ1v) is 4.71. The van der Waals surface area contributed by atoms with E-state index < -0.39 is 0 Å². The van der Waals surface area contributed by atoms with Gasteiger partial charge < -0.3 is 9.47 Å². The largest absolute Gasteiger partial charge is 0.454 e. The Morgan fingerprint density at radius 1 is 1.31 bits per heavy atom. The normalized spacial score (nSPS) is 15.8. The Balaban J connectivity index is 2.30. The van der Waals surface area contributed by atoms with Crippen LogP contribution in [0.1, 0.15) is 31.7 Å². The molecule has 1 aromatic rings. The van der Waals surface area contributed by atoms with Gasteiger partial charge in [-0.15, -0.1) is 0 Å². The van der Waals surface area contributed by atoms with Crippen LogP contribution >= 0.6 is 0 Å². The van der Waals surface area contributed by atoms with Crippen molar-refractivity contribution in [3.8, 4) is 11.5 Å². The van der Waals surface area contributed by atoms with Crippen LogP contribution in [-0.2, 0) is 0 Å². The van der Waals surface area contributed by atoms with Crippen LogP contribution in [0.3, 0.4) is 0 Å². The summed E-state index contributed by atoms with van der Waals surface area (Å²) in [5.41, 5.74) is 1.33. The molecular weight excluding hydrogens is 164 g/mol. The maximum absolute atomic E-state index is 5.31. The van der Waals surface area contributed by atoms with E-state index >= 15 is 0 Å². The highest BCUT2D eigenvalue weighted by atomic mass is 16.7. The van der Waals surface area contributed by atoms with Crippen molar-refractivity contribution in [3.63, 3.8) is 0 Å². The molecule has 0 aromatic heterocycles. The summed E-state index contributed by atoms with van der Waals surface area (Å²) in [6, 6.07) is 6.18. The zero-order valence-electron chi connectivity index (χ0n) is 8.04. The van der Waals surface area contributed by atoms with E-state index in [2.05, 4.69) is 26.0 Å². The summed E-state index contributed by atoms with van der Waals surface area (Å²) in [6.07, 6.45) is 1.15. The van der Waals surface area contributed by atoms with E-state index in [0.717, 1.165) is 17.9 Å². The molecule has 1 aliphatic rings. The second-order valence-corrected chi connectivity index (χ2v) is 3.42. The van der Waals surface area contributed by atoms with E-state index in [-0.39, 0.29) is 0 Å². The number of rotatable bonds is 2. The lowest BCUT2D eigenvalue weighted by Gasteiger charge is -2.08. The second kappa shape index (κ2) is 3.29. The van der Waals surface area contributed by atoms with Crippen LogP contribution in [0.5, 0.6) is 11.5 Å². The van der Waals surface area contributed by atoms with Gasteiger partial charge in [-0.1, -0.05) is 19.9 Å². The second-order valence-electron chi connectivity index (χ2n) is 3.42. The first-order valence-electron chi connectivity index (χ1n) is 4.71. The summed E-state index contributed by atoms with van der Waals surface area (Å²) >= 11 is 0. The molecule has 0 bridgehead atoms. The summed E-state index contributed by atoms with van der Waals surface area (Å²) < 4.78 is 10.6. The molecule has 2 heteroatoms. The maximum atomic E-state index is 5.31. The van der Waals surface area contributed by atoms with Gasteiger partial charge in [0.05, 0.1) is 0 Å². The van der Waals surface area contributed by atoms with Gasteiger partial charge >= 0.3 is 0 Å². The highest BCUT2D eigenvalue weighted by molar-refractivity contribution is 5.45. The quantitative estimate of drug-likeness (QED) is 0.693. The van der Waals surface area contributed by atoms with Gasteiger partial charge in [0.25, 0.3) is 0 Å². The number of fused-ring (bicyclic) bond motifs is 1. The molecular formula is C11H14O2. The molecule has 0 aliphatic carbocycles. The molecule has 0 amide bonds. The molecule has 1 aliphatic heterocycles. The first kappa shape index (κ1) is 8.42. The third kappa shape index (κ3) is 1.48. The van der Waals surface area contributed by atoms with Crippen LogP contribution in [-0.4, -0.2) is 6.79 Å². The van der Waals surface area contributed by atoms with Crippen molar-refractivity contribution >= 4 is 0 Å². The lowest BCUT2D eigenvalue weighted by molar-refractivity contribution is 0.174. The van der Waals surface area contributed by atoms with Gasteiger partial charge in [0.2, 0.25) is 6.79 Å². The highest BCUT2D eigenvalue weighted by Gasteiger charge is 2.14. The highest BCUT2D eigenvalue weighted by Crippen LogP contribution is 2.34. The molecule has 0 saturated heterocycles. The molecule has 1 heterocycles. The first-order chi connectivity index (χ1) is 6.31. The number of benzene rings is 1. The summed E-state index contributed by atoms with van der Waals surface area (Å²) in [5.74, 6) is 2.35. The van der Waals surface area contributed by atoms with E-state index in [1.807, 2.05) is 6.07 Å². The Morgan fingerprint density at radius 3 is 2.85 bits per heavy atom. The fraction of sp³-hybridized carbons (Fsp3) is 0.455. The van der Waals surface area contributed by atoms with Crippen LogP contribution in [0.15, 0.2) is 18.2 Å². The molecule has 0 spiro atoms. The minimum Gasteiger partial charge on any atom is -0.454 e. The molecule has 2 nitrogen and oxygen atoms in total. The monoisotopic (exact) mass is 178 g/mol. The fourth-order valence-corrected chi connectivity index (χ4v) is 1.46. The van der Waals surface area contributed by atoms with E-state index in [9.17, 15) is 0 Å². The van der Waals surface area contributed by atoms with Gasteiger partial charge in [0.1, 0.15) is 0 Å². The Kier molecular flexibility index (Phi) is 2.13. The van der Waals surface area contributed by atoms with Crippen LogP contribution in [0.4, 0.5) is 0 Å². The standard InChI is InChI=1S/C11H14O2/c1-3-8(2)9-4-5-10-11(6-9)13-7-12-10/h4-6,8H,3,7H2,1-2H3/t8-/m0/s1. The van der Waals surface area contributed by atoms with Crippen molar-refractivity contribution in [3.05, 3.63) is 23.8 Å². The third-order valence-corrected chi connectivity index (χ3v) is 2.58. The van der Waals surface area contributed by atoms with Gasteiger partial charge in [-0.2, -0.15) is 0 Å². The summed E-state index contributed by atoms with van der Waals surface area (Å²) in [4.78, 5) is 0. The van der Waals surface area contributed by atoms with Crippen molar-refractivity contribution < 1.29 is 9.47 Å². The zero-order valence-corrected chi connectivity index (χ0v) is 8.04. The third-order valence-electron chi connectivity index (χ3n) is 2.58. The summed E-state index contributed by atoms with van der Waals surface area (Å²) in [5, 5.41) is 0. The topological polar surface area (TPSA) is 18.5 Å². The van der Waals surface area contributed by atoms with Crippen molar-refractivity contribution in [1.29, 1.82) is 0 Å². The number of hydrogen-bond acceptors (Lipinski definition) is 2. The average molecular weight is 178 g/mol. The molecule has 2 rings (SSSR count). The molecule has 1 atom stereocenters. The van der Waals surface area contributed by atoms with E-state index in [0.29, 0.717) is 12.7 Å².